The third kappa shape index (κ3) is 2.47. The fourth-order valence-electron chi connectivity index (χ4n) is 7.61. The Morgan fingerprint density at radius 2 is 1.92 bits per heavy atom. The van der Waals surface area contributed by atoms with E-state index in [0.717, 1.165) is 32.1 Å². The molecule has 0 aromatic heterocycles. The molecule has 4 fully saturated rings. The van der Waals surface area contributed by atoms with Crippen molar-refractivity contribution in [2.24, 2.45) is 40.4 Å². The third-order valence-corrected chi connectivity index (χ3v) is 8.73. The summed E-state index contributed by atoms with van der Waals surface area (Å²) < 4.78 is 23.9. The molecule has 25 heavy (non-hydrogen) atoms. The zero-order valence-corrected chi connectivity index (χ0v) is 15.4. The molecule has 4 nitrogen and oxygen atoms in total. The van der Waals surface area contributed by atoms with Crippen molar-refractivity contribution in [1.29, 1.82) is 0 Å². The summed E-state index contributed by atoms with van der Waals surface area (Å²) in [6.45, 7) is 1.09. The van der Waals surface area contributed by atoms with E-state index in [9.17, 15) is 20.1 Å². The largest absolute Gasteiger partial charge is 0.393 e. The van der Waals surface area contributed by atoms with Crippen LogP contribution in [0.15, 0.2) is 0 Å². The van der Waals surface area contributed by atoms with Crippen molar-refractivity contribution in [3.8, 4) is 0 Å². The van der Waals surface area contributed by atoms with Gasteiger partial charge in [0.1, 0.15) is 6.56 Å². The summed E-state index contributed by atoms with van der Waals surface area (Å²) in [5, 5.41) is 31.1. The van der Waals surface area contributed by atoms with Gasteiger partial charge < -0.3 is 15.3 Å². The first-order chi connectivity index (χ1) is 12.8. The summed E-state index contributed by atoms with van der Waals surface area (Å²) in [6, 6.07) is 0. The summed E-state index contributed by atoms with van der Waals surface area (Å²) in [7, 11) is 0. The average Bonchev–Trinajstić information content (AvgIpc) is 2.85. The Hall–Kier alpha value is -0.450. The highest BCUT2D eigenvalue weighted by molar-refractivity contribution is 5.83. The van der Waals surface area contributed by atoms with Crippen LogP contribution in [0.5, 0.6) is 0 Å². The van der Waals surface area contributed by atoms with Crippen LogP contribution in [0.2, 0.25) is 0 Å². The van der Waals surface area contributed by atoms with Crippen LogP contribution in [0.1, 0.15) is 69.3 Å². The minimum Gasteiger partial charge on any atom is -0.393 e. The van der Waals surface area contributed by atoms with Crippen molar-refractivity contribution in [2.75, 3.05) is 6.56 Å². The van der Waals surface area contributed by atoms with Crippen LogP contribution >= 0.6 is 0 Å². The molecule has 0 radical (unpaired) electrons. The van der Waals surface area contributed by atoms with E-state index in [0.29, 0.717) is 18.8 Å². The van der Waals surface area contributed by atoms with E-state index in [4.69, 9.17) is 4.11 Å². The number of fused-ring (bicyclic) bond motifs is 5. The second-order valence-electron chi connectivity index (χ2n) is 9.65. The summed E-state index contributed by atoms with van der Waals surface area (Å²) >= 11 is 0. The first-order valence-electron chi connectivity index (χ1n) is 11.5. The number of aliphatic hydroxyl groups is 3. The van der Waals surface area contributed by atoms with Crippen LogP contribution in [0.25, 0.3) is 0 Å². The van der Waals surface area contributed by atoms with Gasteiger partial charge in [-0.05, 0) is 85.9 Å². The van der Waals surface area contributed by atoms with Crippen molar-refractivity contribution in [2.45, 2.75) is 77.4 Å². The van der Waals surface area contributed by atoms with Gasteiger partial charge in [-0.3, -0.25) is 4.79 Å². The van der Waals surface area contributed by atoms with Gasteiger partial charge in [0.25, 0.3) is 0 Å². The molecule has 0 heterocycles. The molecule has 0 unspecified atom stereocenters. The van der Waals surface area contributed by atoms with Gasteiger partial charge in [0.2, 0.25) is 0 Å². The normalized spacial score (nSPS) is 60.4. The number of carbonyl (C=O) groups excluding carboxylic acids is 1. The zero-order chi connectivity index (χ0) is 20.7. The van der Waals surface area contributed by atoms with Crippen molar-refractivity contribution < 1.29 is 24.2 Å². The van der Waals surface area contributed by atoms with Crippen LogP contribution < -0.4 is 0 Å². The first kappa shape index (κ1) is 14.6. The maximum Gasteiger partial charge on any atom is 0.161 e. The lowest BCUT2D eigenvalue weighted by Gasteiger charge is -2.62. The molecule has 0 aromatic rings. The highest BCUT2D eigenvalue weighted by Crippen LogP contribution is 2.67. The first-order valence-corrected chi connectivity index (χ1v) is 9.98. The molecule has 9 atom stereocenters. The predicted molar refractivity (Wildman–Crippen MR) is 94.7 cm³/mol. The summed E-state index contributed by atoms with van der Waals surface area (Å²) in [6.07, 6.45) is 4.67. The minimum absolute atomic E-state index is 0.0360. The maximum atomic E-state index is 12.7. The van der Waals surface area contributed by atoms with Gasteiger partial charge in [0.05, 0.1) is 14.9 Å². The number of rotatable bonds is 2. The van der Waals surface area contributed by atoms with Gasteiger partial charge in [-0.25, -0.2) is 0 Å². The van der Waals surface area contributed by atoms with Crippen LogP contribution in [-0.2, 0) is 4.79 Å². The highest BCUT2D eigenvalue weighted by Gasteiger charge is 2.63. The van der Waals surface area contributed by atoms with Crippen LogP contribution in [-0.4, -0.2) is 39.9 Å². The van der Waals surface area contributed by atoms with Crippen LogP contribution in [0.4, 0.5) is 0 Å². The molecule has 4 heteroatoms. The molecule has 4 rings (SSSR count). The topological polar surface area (TPSA) is 77.8 Å². The molecular weight excluding hydrogens is 316 g/mol. The Labute approximate surface area is 155 Å². The molecule has 0 spiro atoms. The number of hydrogen-bond acceptors (Lipinski definition) is 4. The quantitative estimate of drug-likeness (QED) is 0.713. The summed E-state index contributed by atoms with van der Waals surface area (Å²) in [5.74, 6) is -1.99. The lowest BCUT2D eigenvalue weighted by atomic mass is 9.44. The predicted octanol–water partition coefficient (Wildman–Crippen LogP) is 2.54. The Morgan fingerprint density at radius 1 is 1.16 bits per heavy atom. The van der Waals surface area contributed by atoms with E-state index in [1.807, 2.05) is 6.92 Å². The lowest BCUT2D eigenvalue weighted by Crippen LogP contribution is -2.59. The molecule has 4 aliphatic carbocycles. The van der Waals surface area contributed by atoms with Crippen LogP contribution in [0, 0.1) is 40.4 Å². The summed E-state index contributed by atoms with van der Waals surface area (Å²) in [5.41, 5.74) is -0.871. The Morgan fingerprint density at radius 3 is 2.64 bits per heavy atom. The van der Waals surface area contributed by atoms with Crippen LogP contribution in [0.3, 0.4) is 0 Å². The van der Waals surface area contributed by atoms with E-state index in [2.05, 4.69) is 6.92 Å². The van der Waals surface area contributed by atoms with Gasteiger partial charge in [0, 0.05) is 7.26 Å². The third-order valence-electron chi connectivity index (χ3n) is 8.73. The van der Waals surface area contributed by atoms with Gasteiger partial charge in [-0.2, -0.15) is 0 Å². The number of ketones is 1. The van der Waals surface area contributed by atoms with E-state index in [-0.39, 0.29) is 35.7 Å². The monoisotopic (exact) mass is 353 g/mol. The molecule has 0 amide bonds. The molecule has 4 aliphatic rings. The number of hydrogen-bond donors (Lipinski definition) is 3. The van der Waals surface area contributed by atoms with Gasteiger partial charge >= 0.3 is 0 Å². The minimum atomic E-state index is -3.02. The molecule has 3 N–H and O–H groups in total. The smallest absolute Gasteiger partial charge is 0.161 e. The Bertz CT molecular complexity index is 667. The van der Waals surface area contributed by atoms with Crippen molar-refractivity contribution >= 4 is 5.78 Å². The lowest BCUT2D eigenvalue weighted by molar-refractivity contribution is -0.179. The fraction of sp³-hybridized carbons (Fsp3) is 0.952. The van der Waals surface area contributed by atoms with Gasteiger partial charge in [0.15, 0.2) is 5.78 Å². The molecule has 4 saturated carbocycles. The highest BCUT2D eigenvalue weighted by atomic mass is 16.3. The summed E-state index contributed by atoms with van der Waals surface area (Å²) in [4.78, 5) is 12.7. The number of carbonyl (C=O) groups is 1. The Kier molecular flexibility index (Phi) is 3.52. The molecule has 0 bridgehead atoms. The molecule has 0 aliphatic heterocycles. The zero-order valence-electron chi connectivity index (χ0n) is 18.4. The number of Topliss-reactive ketones (excluding diaryl/α,β-unsaturated/α-hetero) is 1. The van der Waals surface area contributed by atoms with E-state index in [1.165, 1.54) is 0 Å². The second-order valence-corrected chi connectivity index (χ2v) is 9.65. The maximum absolute atomic E-state index is 12.7. The fourth-order valence-corrected chi connectivity index (χ4v) is 7.61. The van der Waals surface area contributed by atoms with Gasteiger partial charge in [-0.15, -0.1) is 0 Å². The SMILES string of the molecule is [2H]C([2H])(O)C(=O)[C@@]1([2H])CC[C@H]2[C@@H]3CC[C@@H]4C[C@H](O)CC[C@]4(C)[C@H]3[C@@H](O)C[C@@]21C. The molecule has 142 valence electrons. The molecule has 0 saturated heterocycles. The Balaban J connectivity index is 1.69. The molecule has 0 aromatic carbocycles. The van der Waals surface area contributed by atoms with Gasteiger partial charge in [-0.1, -0.05) is 13.8 Å². The van der Waals surface area contributed by atoms with Crippen molar-refractivity contribution in [3.63, 3.8) is 0 Å². The second kappa shape index (κ2) is 6.03. The standard InChI is InChI=1S/C21H34O4/c1-20-8-7-13(23)9-12(20)3-4-14-15-5-6-16(18(25)11-22)21(15,2)10-17(24)19(14)20/h12-17,19,22-24H,3-11H2,1-2H3/t12-,13-,14+,15+,16-,17+,19-,20+,21+/m1/s1/i11D2,16D. The number of aliphatic hydroxyl groups excluding tert-OH is 2. The van der Waals surface area contributed by atoms with E-state index < -0.39 is 29.8 Å². The van der Waals surface area contributed by atoms with Crippen molar-refractivity contribution in [3.05, 3.63) is 0 Å². The van der Waals surface area contributed by atoms with E-state index >= 15 is 0 Å². The average molecular weight is 354 g/mol. The van der Waals surface area contributed by atoms with Crippen molar-refractivity contribution in [1.82, 2.24) is 0 Å². The van der Waals surface area contributed by atoms with E-state index in [1.54, 1.807) is 0 Å². The molecular formula is C21H34O4.